The van der Waals surface area contributed by atoms with Gasteiger partial charge in [0.2, 0.25) is 0 Å². The van der Waals surface area contributed by atoms with E-state index in [1.54, 1.807) is 4.90 Å². The van der Waals surface area contributed by atoms with Gasteiger partial charge in [0.15, 0.2) is 0 Å². The summed E-state index contributed by atoms with van der Waals surface area (Å²) in [5, 5.41) is 9.20. The minimum atomic E-state index is -0.874. The van der Waals surface area contributed by atoms with Gasteiger partial charge in [0.25, 0.3) is 0 Å². The molecule has 0 aromatic carbocycles. The van der Waals surface area contributed by atoms with Crippen LogP contribution in [0.2, 0.25) is 0 Å². The number of carboxylic acid groups (broad SMARTS) is 1. The first-order valence-electron chi connectivity index (χ1n) is 9.42. The number of nitrogens with zero attached hydrogens (tertiary/aromatic N) is 4. The normalized spacial score (nSPS) is 18.0. The van der Waals surface area contributed by atoms with Crippen molar-refractivity contribution in [1.29, 1.82) is 0 Å². The van der Waals surface area contributed by atoms with Crippen LogP contribution in [-0.4, -0.2) is 76.9 Å². The molecule has 27 heavy (non-hydrogen) atoms. The lowest BCUT2D eigenvalue weighted by atomic mass is 10.1. The molecule has 1 aromatic heterocycles. The van der Waals surface area contributed by atoms with Gasteiger partial charge in [-0.05, 0) is 38.8 Å². The number of pyridine rings is 1. The van der Waals surface area contributed by atoms with E-state index in [9.17, 15) is 14.7 Å². The van der Waals surface area contributed by atoms with Gasteiger partial charge in [0, 0.05) is 51.4 Å². The van der Waals surface area contributed by atoms with E-state index < -0.39 is 11.7 Å². The van der Waals surface area contributed by atoms with Crippen LogP contribution in [0.1, 0.15) is 32.0 Å². The Morgan fingerprint density at radius 2 is 1.67 bits per heavy atom. The topological polar surface area (TPSA) is 86.2 Å². The van der Waals surface area contributed by atoms with E-state index in [-0.39, 0.29) is 6.09 Å². The Kier molecular flexibility index (Phi) is 5.43. The van der Waals surface area contributed by atoms with Crippen LogP contribution in [0.25, 0.3) is 0 Å². The van der Waals surface area contributed by atoms with Gasteiger partial charge in [-0.25, -0.2) is 14.6 Å². The average Bonchev–Trinajstić information content (AvgIpc) is 2.82. The second kappa shape index (κ2) is 7.62. The Hall–Kier alpha value is -2.51. The van der Waals surface area contributed by atoms with Gasteiger partial charge < -0.3 is 24.5 Å². The number of amides is 2. The minimum Gasteiger partial charge on any atom is -0.465 e. The first kappa shape index (κ1) is 19.3. The molecule has 8 heteroatoms. The zero-order valence-corrected chi connectivity index (χ0v) is 16.3. The SMILES string of the molecule is CC(C)(C)OC(=O)N1CCN(c2ccc3c(n2)CCN(C(=O)O)CC3)CC1. The van der Waals surface area contributed by atoms with Crippen LogP contribution in [-0.2, 0) is 17.6 Å². The van der Waals surface area contributed by atoms with E-state index in [4.69, 9.17) is 9.72 Å². The smallest absolute Gasteiger partial charge is 0.410 e. The number of ether oxygens (including phenoxy) is 1. The predicted octanol–water partition coefficient (Wildman–Crippen LogP) is 2.22. The van der Waals surface area contributed by atoms with Crippen molar-refractivity contribution < 1.29 is 19.4 Å². The van der Waals surface area contributed by atoms with Gasteiger partial charge in [-0.3, -0.25) is 0 Å². The summed E-state index contributed by atoms with van der Waals surface area (Å²) in [6, 6.07) is 4.06. The Bertz CT molecular complexity index is 708. The molecule has 1 aromatic rings. The van der Waals surface area contributed by atoms with Crippen LogP contribution < -0.4 is 4.90 Å². The quantitative estimate of drug-likeness (QED) is 0.809. The fourth-order valence-corrected chi connectivity index (χ4v) is 3.38. The highest BCUT2D eigenvalue weighted by atomic mass is 16.6. The molecular formula is C19H28N4O4. The average molecular weight is 376 g/mol. The van der Waals surface area contributed by atoms with E-state index in [1.165, 1.54) is 4.90 Å². The first-order chi connectivity index (χ1) is 12.7. The molecule has 3 heterocycles. The van der Waals surface area contributed by atoms with Crippen LogP contribution in [0.4, 0.5) is 15.4 Å². The highest BCUT2D eigenvalue weighted by molar-refractivity contribution is 5.68. The number of piperazine rings is 1. The maximum atomic E-state index is 12.2. The van der Waals surface area contributed by atoms with Gasteiger partial charge in [-0.15, -0.1) is 0 Å². The van der Waals surface area contributed by atoms with Gasteiger partial charge in [-0.2, -0.15) is 0 Å². The largest absolute Gasteiger partial charge is 0.465 e. The third-order valence-corrected chi connectivity index (χ3v) is 4.85. The van der Waals surface area contributed by atoms with Crippen molar-refractivity contribution in [2.45, 2.75) is 39.2 Å². The number of carbonyl (C=O) groups is 2. The van der Waals surface area contributed by atoms with Gasteiger partial charge in [-0.1, -0.05) is 6.07 Å². The second-order valence-electron chi connectivity index (χ2n) is 8.00. The van der Waals surface area contributed by atoms with E-state index in [0.717, 1.165) is 17.1 Å². The predicted molar refractivity (Wildman–Crippen MR) is 101 cm³/mol. The van der Waals surface area contributed by atoms with Crippen LogP contribution >= 0.6 is 0 Å². The highest BCUT2D eigenvalue weighted by Gasteiger charge is 2.27. The molecule has 3 rings (SSSR count). The van der Waals surface area contributed by atoms with Crippen molar-refractivity contribution in [1.82, 2.24) is 14.8 Å². The van der Waals surface area contributed by atoms with Crippen molar-refractivity contribution in [2.24, 2.45) is 0 Å². The zero-order chi connectivity index (χ0) is 19.6. The van der Waals surface area contributed by atoms with Crippen molar-refractivity contribution in [3.63, 3.8) is 0 Å². The number of hydrogen-bond donors (Lipinski definition) is 1. The first-order valence-corrected chi connectivity index (χ1v) is 9.42. The number of fused-ring (bicyclic) bond motifs is 1. The molecule has 0 aliphatic carbocycles. The van der Waals surface area contributed by atoms with Gasteiger partial charge in [0.1, 0.15) is 11.4 Å². The van der Waals surface area contributed by atoms with Crippen molar-refractivity contribution >= 4 is 18.0 Å². The summed E-state index contributed by atoms with van der Waals surface area (Å²) in [7, 11) is 0. The number of anilines is 1. The standard InChI is InChI=1S/C19H28N4O4/c1-19(2,3)27-18(26)23-12-10-21(11-13-23)16-5-4-14-6-8-22(17(24)25)9-7-15(14)20-16/h4-5H,6-13H2,1-3H3,(H,24,25). The van der Waals surface area contributed by atoms with E-state index >= 15 is 0 Å². The maximum Gasteiger partial charge on any atom is 0.410 e. The van der Waals surface area contributed by atoms with Crippen LogP contribution in [0, 0.1) is 0 Å². The molecule has 1 saturated heterocycles. The molecule has 0 radical (unpaired) electrons. The lowest BCUT2D eigenvalue weighted by Gasteiger charge is -2.36. The van der Waals surface area contributed by atoms with Crippen molar-refractivity contribution in [3.8, 4) is 0 Å². The van der Waals surface area contributed by atoms with Crippen LogP contribution in [0.15, 0.2) is 12.1 Å². The number of aromatic nitrogens is 1. The third kappa shape index (κ3) is 4.81. The van der Waals surface area contributed by atoms with Crippen LogP contribution in [0.3, 0.4) is 0 Å². The Morgan fingerprint density at radius 3 is 2.30 bits per heavy atom. The lowest BCUT2D eigenvalue weighted by Crippen LogP contribution is -2.50. The molecule has 148 valence electrons. The summed E-state index contributed by atoms with van der Waals surface area (Å²) < 4.78 is 5.44. The monoisotopic (exact) mass is 376 g/mol. The molecule has 0 spiro atoms. The van der Waals surface area contributed by atoms with Crippen molar-refractivity contribution in [2.75, 3.05) is 44.2 Å². The molecule has 0 unspecified atom stereocenters. The second-order valence-corrected chi connectivity index (χ2v) is 8.00. The van der Waals surface area contributed by atoms with Gasteiger partial charge in [0.05, 0.1) is 0 Å². The molecule has 2 aliphatic heterocycles. The number of hydrogen-bond acceptors (Lipinski definition) is 5. The summed E-state index contributed by atoms with van der Waals surface area (Å²) in [6.07, 6.45) is 0.182. The lowest BCUT2D eigenvalue weighted by molar-refractivity contribution is 0.0240. The molecule has 2 aliphatic rings. The third-order valence-electron chi connectivity index (χ3n) is 4.85. The Balaban J connectivity index is 1.61. The molecule has 8 nitrogen and oxygen atoms in total. The summed E-state index contributed by atoms with van der Waals surface area (Å²) >= 11 is 0. The maximum absolute atomic E-state index is 12.2. The fourth-order valence-electron chi connectivity index (χ4n) is 3.38. The van der Waals surface area contributed by atoms with Gasteiger partial charge >= 0.3 is 12.2 Å². The molecule has 2 amide bonds. The molecule has 1 fully saturated rings. The molecule has 1 N–H and O–H groups in total. The summed E-state index contributed by atoms with van der Waals surface area (Å²) in [5.74, 6) is 0.890. The van der Waals surface area contributed by atoms with E-state index in [0.29, 0.717) is 52.1 Å². The Labute approximate surface area is 159 Å². The fraction of sp³-hybridized carbons (Fsp3) is 0.632. The van der Waals surface area contributed by atoms with E-state index in [1.807, 2.05) is 26.8 Å². The molecular weight excluding hydrogens is 348 g/mol. The summed E-state index contributed by atoms with van der Waals surface area (Å²) in [4.78, 5) is 33.5. The molecule has 0 saturated carbocycles. The zero-order valence-electron chi connectivity index (χ0n) is 16.3. The highest BCUT2D eigenvalue weighted by Crippen LogP contribution is 2.21. The summed E-state index contributed by atoms with van der Waals surface area (Å²) in [5.41, 5.74) is 1.61. The van der Waals surface area contributed by atoms with Crippen molar-refractivity contribution in [3.05, 3.63) is 23.4 Å². The molecule has 0 atom stereocenters. The minimum absolute atomic E-state index is 0.272. The van der Waals surface area contributed by atoms with E-state index in [2.05, 4.69) is 11.0 Å². The number of carbonyl (C=O) groups excluding carboxylic acids is 1. The molecule has 0 bridgehead atoms. The Morgan fingerprint density at radius 1 is 1.00 bits per heavy atom. The number of rotatable bonds is 1. The van der Waals surface area contributed by atoms with Crippen LogP contribution in [0.5, 0.6) is 0 Å². The summed E-state index contributed by atoms with van der Waals surface area (Å²) in [6.45, 7) is 9.19.